The lowest BCUT2D eigenvalue weighted by Crippen LogP contribution is -2.55. The second-order valence-corrected chi connectivity index (χ2v) is 5.89. The maximum atomic E-state index is 11.8. The van der Waals surface area contributed by atoms with Gasteiger partial charge in [-0.25, -0.2) is 4.98 Å². The fraction of sp³-hybridized carbons (Fsp3) is 0.733. The Morgan fingerprint density at radius 3 is 2.90 bits per heavy atom. The van der Waals surface area contributed by atoms with Gasteiger partial charge in [-0.05, 0) is 52.5 Å². The number of imidazole rings is 1. The van der Waals surface area contributed by atoms with Gasteiger partial charge in [0, 0.05) is 11.7 Å². The van der Waals surface area contributed by atoms with Crippen LogP contribution in [-0.4, -0.2) is 32.7 Å². The molecule has 20 heavy (non-hydrogen) atoms. The van der Waals surface area contributed by atoms with Crippen LogP contribution in [0.1, 0.15) is 56.5 Å². The largest absolute Gasteiger partial charge is 0.480 e. The maximum absolute atomic E-state index is 11.8. The summed E-state index contributed by atoms with van der Waals surface area (Å²) in [6.07, 6.45) is 6.12. The summed E-state index contributed by atoms with van der Waals surface area (Å²) in [5, 5.41) is 12.9. The van der Waals surface area contributed by atoms with Crippen LogP contribution in [0.4, 0.5) is 0 Å². The van der Waals surface area contributed by atoms with E-state index < -0.39 is 11.5 Å². The molecule has 1 aromatic heterocycles. The predicted molar refractivity (Wildman–Crippen MR) is 77.9 cm³/mol. The van der Waals surface area contributed by atoms with E-state index in [4.69, 9.17) is 0 Å². The molecule has 1 aliphatic rings. The monoisotopic (exact) mass is 279 g/mol. The molecule has 0 aliphatic heterocycles. The third-order valence-corrected chi connectivity index (χ3v) is 4.53. The van der Waals surface area contributed by atoms with Gasteiger partial charge in [-0.2, -0.15) is 0 Å². The number of nitrogens with zero attached hydrogens (tertiary/aromatic N) is 2. The molecule has 5 nitrogen and oxygen atoms in total. The van der Waals surface area contributed by atoms with E-state index in [0.717, 1.165) is 37.2 Å². The Morgan fingerprint density at radius 2 is 2.35 bits per heavy atom. The van der Waals surface area contributed by atoms with Crippen molar-refractivity contribution in [2.45, 2.75) is 64.5 Å². The molecule has 0 bridgehead atoms. The van der Waals surface area contributed by atoms with Gasteiger partial charge in [0.2, 0.25) is 0 Å². The molecule has 1 heterocycles. The number of nitrogens with one attached hydrogen (secondary N) is 1. The predicted octanol–water partition coefficient (Wildman–Crippen LogP) is 2.44. The lowest BCUT2D eigenvalue weighted by atomic mass is 9.78. The van der Waals surface area contributed by atoms with Crippen molar-refractivity contribution >= 4 is 5.97 Å². The second kappa shape index (κ2) is 5.95. The first-order chi connectivity index (χ1) is 9.50. The number of aliphatic carboxylic acids is 1. The Morgan fingerprint density at radius 1 is 1.60 bits per heavy atom. The smallest absolute Gasteiger partial charge is 0.323 e. The average molecular weight is 279 g/mol. The van der Waals surface area contributed by atoms with E-state index in [9.17, 15) is 9.90 Å². The summed E-state index contributed by atoms with van der Waals surface area (Å²) in [4.78, 5) is 16.1. The van der Waals surface area contributed by atoms with E-state index in [1.54, 1.807) is 0 Å². The van der Waals surface area contributed by atoms with E-state index >= 15 is 0 Å². The van der Waals surface area contributed by atoms with Crippen molar-refractivity contribution in [3.8, 4) is 0 Å². The van der Waals surface area contributed by atoms with Gasteiger partial charge in [0.1, 0.15) is 5.54 Å². The highest BCUT2D eigenvalue weighted by Crippen LogP contribution is 2.36. The van der Waals surface area contributed by atoms with Crippen LogP contribution in [0.25, 0.3) is 0 Å². The Bertz CT molecular complexity index is 483. The lowest BCUT2D eigenvalue weighted by molar-refractivity contribution is -0.147. The molecule has 2 rings (SSSR count). The molecule has 1 saturated carbocycles. The minimum atomic E-state index is -0.774. The molecule has 1 aromatic rings. The molecule has 0 radical (unpaired) electrons. The first-order valence-electron chi connectivity index (χ1n) is 7.48. The zero-order valence-corrected chi connectivity index (χ0v) is 12.6. The number of aryl methyl sites for hydroxylation is 1. The van der Waals surface area contributed by atoms with Crippen molar-refractivity contribution in [2.24, 2.45) is 0 Å². The number of hydrogen-bond acceptors (Lipinski definition) is 3. The average Bonchev–Trinajstić information content (AvgIpc) is 2.77. The van der Waals surface area contributed by atoms with Crippen LogP contribution in [-0.2, 0) is 4.79 Å². The van der Waals surface area contributed by atoms with E-state index in [1.807, 2.05) is 13.3 Å². The Labute approximate surface area is 120 Å². The van der Waals surface area contributed by atoms with Crippen LogP contribution in [0.5, 0.6) is 0 Å². The van der Waals surface area contributed by atoms with Crippen molar-refractivity contribution < 1.29 is 9.90 Å². The van der Waals surface area contributed by atoms with Crippen LogP contribution < -0.4 is 5.32 Å². The number of carboxylic acid groups (broad SMARTS) is 1. The van der Waals surface area contributed by atoms with Crippen LogP contribution in [0, 0.1) is 13.8 Å². The van der Waals surface area contributed by atoms with E-state index in [0.29, 0.717) is 12.8 Å². The molecule has 2 N–H and O–H groups in total. The normalized spacial score (nSPS) is 26.6. The molecule has 5 heteroatoms. The molecule has 0 aromatic carbocycles. The Balaban J connectivity index is 2.21. The molecule has 2 unspecified atom stereocenters. The Hall–Kier alpha value is -1.36. The van der Waals surface area contributed by atoms with Crippen LogP contribution in [0.2, 0.25) is 0 Å². The molecule has 1 fully saturated rings. The molecule has 0 saturated heterocycles. The summed E-state index contributed by atoms with van der Waals surface area (Å²) < 4.78 is 2.15. The van der Waals surface area contributed by atoms with Gasteiger partial charge in [0.05, 0.1) is 12.0 Å². The standard InChI is InChI=1S/C15H25N3O2/c1-4-8-17-15(14(19)20)7-5-6-13(9-15)18-10-16-11(2)12(18)3/h10,13,17H,4-9H2,1-3H3,(H,19,20). The third-order valence-electron chi connectivity index (χ3n) is 4.53. The topological polar surface area (TPSA) is 67.2 Å². The highest BCUT2D eigenvalue weighted by atomic mass is 16.4. The molecule has 112 valence electrons. The van der Waals surface area contributed by atoms with Crippen molar-refractivity contribution in [2.75, 3.05) is 6.54 Å². The van der Waals surface area contributed by atoms with Crippen molar-refractivity contribution in [1.82, 2.24) is 14.9 Å². The minimum Gasteiger partial charge on any atom is -0.480 e. The molecule has 1 aliphatic carbocycles. The first-order valence-corrected chi connectivity index (χ1v) is 7.48. The Kier molecular flexibility index (Phi) is 4.48. The van der Waals surface area contributed by atoms with Gasteiger partial charge in [-0.15, -0.1) is 0 Å². The number of carboxylic acids is 1. The zero-order chi connectivity index (χ0) is 14.8. The van der Waals surface area contributed by atoms with Gasteiger partial charge in [0.25, 0.3) is 0 Å². The quantitative estimate of drug-likeness (QED) is 0.868. The SMILES string of the molecule is CCCNC1(C(=O)O)CCCC(n2cnc(C)c2C)C1. The van der Waals surface area contributed by atoms with Gasteiger partial charge in [0.15, 0.2) is 0 Å². The molecular weight excluding hydrogens is 254 g/mol. The molecular formula is C15H25N3O2. The third kappa shape index (κ3) is 2.73. The van der Waals surface area contributed by atoms with Gasteiger partial charge in [-0.3, -0.25) is 4.79 Å². The van der Waals surface area contributed by atoms with E-state index in [1.165, 1.54) is 0 Å². The summed E-state index contributed by atoms with van der Waals surface area (Å²) in [6, 6.07) is 0.227. The lowest BCUT2D eigenvalue weighted by Gasteiger charge is -2.39. The summed E-state index contributed by atoms with van der Waals surface area (Å²) in [5.41, 5.74) is 1.40. The van der Waals surface area contributed by atoms with Crippen LogP contribution in [0.3, 0.4) is 0 Å². The zero-order valence-electron chi connectivity index (χ0n) is 12.6. The molecule has 0 spiro atoms. The highest BCUT2D eigenvalue weighted by molar-refractivity contribution is 5.79. The van der Waals surface area contributed by atoms with Crippen LogP contribution in [0.15, 0.2) is 6.33 Å². The van der Waals surface area contributed by atoms with E-state index in [-0.39, 0.29) is 6.04 Å². The first kappa shape index (κ1) is 15.0. The van der Waals surface area contributed by atoms with Gasteiger partial charge in [-0.1, -0.05) is 6.92 Å². The summed E-state index contributed by atoms with van der Waals surface area (Å²) >= 11 is 0. The van der Waals surface area contributed by atoms with Gasteiger partial charge >= 0.3 is 5.97 Å². The number of carbonyl (C=O) groups is 1. The van der Waals surface area contributed by atoms with Crippen LogP contribution >= 0.6 is 0 Å². The fourth-order valence-corrected chi connectivity index (χ4v) is 3.16. The molecule has 2 atom stereocenters. The van der Waals surface area contributed by atoms with E-state index in [2.05, 4.69) is 28.7 Å². The number of aromatic nitrogens is 2. The minimum absolute atomic E-state index is 0.227. The number of rotatable bonds is 5. The number of hydrogen-bond donors (Lipinski definition) is 2. The second-order valence-electron chi connectivity index (χ2n) is 5.89. The molecule has 0 amide bonds. The fourth-order valence-electron chi connectivity index (χ4n) is 3.16. The van der Waals surface area contributed by atoms with Gasteiger partial charge < -0.3 is 15.0 Å². The van der Waals surface area contributed by atoms with Crippen molar-refractivity contribution in [1.29, 1.82) is 0 Å². The highest BCUT2D eigenvalue weighted by Gasteiger charge is 2.43. The summed E-state index contributed by atoms with van der Waals surface area (Å²) in [5.74, 6) is -0.717. The van der Waals surface area contributed by atoms with Crippen molar-refractivity contribution in [3.05, 3.63) is 17.7 Å². The summed E-state index contributed by atoms with van der Waals surface area (Å²) in [6.45, 7) is 6.86. The summed E-state index contributed by atoms with van der Waals surface area (Å²) in [7, 11) is 0. The maximum Gasteiger partial charge on any atom is 0.323 e. The van der Waals surface area contributed by atoms with Crippen molar-refractivity contribution in [3.63, 3.8) is 0 Å².